The van der Waals surface area contributed by atoms with Gasteiger partial charge in [0.1, 0.15) is 5.82 Å². The van der Waals surface area contributed by atoms with Crippen molar-refractivity contribution in [2.24, 2.45) is 0 Å². The highest BCUT2D eigenvalue weighted by Gasteiger charge is 2.07. The molecule has 0 aliphatic carbocycles. The van der Waals surface area contributed by atoms with Gasteiger partial charge in [0.25, 0.3) is 0 Å². The molecule has 2 nitrogen and oxygen atoms in total. The first-order valence-electron chi connectivity index (χ1n) is 5.71. The Morgan fingerprint density at radius 1 is 1.11 bits per heavy atom. The fourth-order valence-electron chi connectivity index (χ4n) is 2.09. The summed E-state index contributed by atoms with van der Waals surface area (Å²) in [5.41, 5.74) is 3.19. The zero-order valence-electron chi connectivity index (χ0n) is 9.78. The van der Waals surface area contributed by atoms with E-state index in [1.54, 1.807) is 18.3 Å². The lowest BCUT2D eigenvalue weighted by Crippen LogP contribution is -1.82. The van der Waals surface area contributed by atoms with E-state index < -0.39 is 5.82 Å². The van der Waals surface area contributed by atoms with Gasteiger partial charge in [0.05, 0.1) is 5.02 Å². The first-order valence-corrected chi connectivity index (χ1v) is 6.08. The Morgan fingerprint density at radius 2 is 1.84 bits per heavy atom. The summed E-state index contributed by atoms with van der Waals surface area (Å²) >= 11 is 5.78. The third kappa shape index (κ3) is 2.02. The molecule has 0 unspecified atom stereocenters. The van der Waals surface area contributed by atoms with Crippen LogP contribution in [-0.4, -0.2) is 11.3 Å². The van der Waals surface area contributed by atoms with Gasteiger partial charge in [0, 0.05) is 22.7 Å². The Bertz CT molecular complexity index is 779. The lowest BCUT2D eigenvalue weighted by Gasteiger charge is -2.04. The number of carbonyl (C=O) groups excluding carboxylic acids is 1. The summed E-state index contributed by atoms with van der Waals surface area (Å²) in [6.07, 6.45) is 2.47. The van der Waals surface area contributed by atoms with Gasteiger partial charge in [0.15, 0.2) is 6.29 Å². The van der Waals surface area contributed by atoms with Crippen LogP contribution in [0.4, 0.5) is 4.39 Å². The van der Waals surface area contributed by atoms with E-state index in [0.717, 1.165) is 28.3 Å². The van der Waals surface area contributed by atoms with Crippen molar-refractivity contribution in [1.29, 1.82) is 0 Å². The summed E-state index contributed by atoms with van der Waals surface area (Å²) in [4.78, 5) is 14.0. The number of aldehydes is 1. The number of rotatable bonds is 2. The van der Waals surface area contributed by atoms with Gasteiger partial charge in [-0.3, -0.25) is 4.79 Å². The van der Waals surface area contributed by atoms with Crippen molar-refractivity contribution < 1.29 is 9.18 Å². The molecule has 0 atom stereocenters. The first-order chi connectivity index (χ1) is 9.19. The number of aromatic amines is 1. The van der Waals surface area contributed by atoms with Crippen LogP contribution in [-0.2, 0) is 0 Å². The quantitative estimate of drug-likeness (QED) is 0.688. The molecular weight excluding hydrogens is 265 g/mol. The largest absolute Gasteiger partial charge is 0.360 e. The van der Waals surface area contributed by atoms with Crippen LogP contribution in [0.1, 0.15) is 10.4 Å². The molecule has 0 aliphatic rings. The van der Waals surface area contributed by atoms with E-state index in [1.165, 1.54) is 6.07 Å². The van der Waals surface area contributed by atoms with Crippen LogP contribution in [0.25, 0.3) is 22.0 Å². The van der Waals surface area contributed by atoms with Gasteiger partial charge in [-0.05, 0) is 35.4 Å². The minimum absolute atomic E-state index is 0.0854. The molecule has 2 aromatic carbocycles. The van der Waals surface area contributed by atoms with Crippen molar-refractivity contribution in [2.45, 2.75) is 0 Å². The van der Waals surface area contributed by atoms with Gasteiger partial charge in [0.2, 0.25) is 0 Å². The van der Waals surface area contributed by atoms with Crippen molar-refractivity contribution in [3.63, 3.8) is 0 Å². The predicted octanol–water partition coefficient (Wildman–Crippen LogP) is 4.44. The van der Waals surface area contributed by atoms with Crippen LogP contribution >= 0.6 is 11.6 Å². The van der Waals surface area contributed by atoms with E-state index in [-0.39, 0.29) is 5.02 Å². The fraction of sp³-hybridized carbons (Fsp3) is 0. The number of aromatic nitrogens is 1. The predicted molar refractivity (Wildman–Crippen MR) is 74.1 cm³/mol. The van der Waals surface area contributed by atoms with E-state index in [1.807, 2.05) is 18.2 Å². The Kier molecular flexibility index (Phi) is 2.84. The van der Waals surface area contributed by atoms with E-state index in [2.05, 4.69) is 4.98 Å². The van der Waals surface area contributed by atoms with Gasteiger partial charge in [-0.15, -0.1) is 0 Å². The van der Waals surface area contributed by atoms with Gasteiger partial charge < -0.3 is 4.98 Å². The van der Waals surface area contributed by atoms with E-state index in [0.29, 0.717) is 5.56 Å². The molecule has 3 rings (SSSR count). The average molecular weight is 274 g/mol. The van der Waals surface area contributed by atoms with Gasteiger partial charge >= 0.3 is 0 Å². The summed E-state index contributed by atoms with van der Waals surface area (Å²) in [5, 5.41) is 0.926. The van der Waals surface area contributed by atoms with Crippen molar-refractivity contribution in [2.75, 3.05) is 0 Å². The maximum atomic E-state index is 13.2. The molecule has 1 N–H and O–H groups in total. The molecule has 0 spiro atoms. The van der Waals surface area contributed by atoms with Gasteiger partial charge in [-0.25, -0.2) is 4.39 Å². The third-order valence-corrected chi connectivity index (χ3v) is 3.38. The van der Waals surface area contributed by atoms with Crippen molar-refractivity contribution >= 4 is 28.8 Å². The zero-order chi connectivity index (χ0) is 13.4. The summed E-state index contributed by atoms with van der Waals surface area (Å²) in [5.74, 6) is -0.443. The van der Waals surface area contributed by atoms with E-state index >= 15 is 0 Å². The molecule has 4 heteroatoms. The molecule has 3 aromatic rings. The number of benzene rings is 2. The minimum atomic E-state index is -0.443. The Labute approximate surface area is 113 Å². The summed E-state index contributed by atoms with van der Waals surface area (Å²) in [7, 11) is 0. The molecule has 94 valence electrons. The number of nitrogens with one attached hydrogen (secondary N) is 1. The number of carbonyl (C=O) groups is 1. The Morgan fingerprint density at radius 3 is 2.58 bits per heavy atom. The third-order valence-electron chi connectivity index (χ3n) is 3.09. The van der Waals surface area contributed by atoms with Crippen molar-refractivity contribution in [3.8, 4) is 11.1 Å². The number of halogens is 2. The smallest absolute Gasteiger partial charge is 0.152 e. The van der Waals surface area contributed by atoms with Gasteiger partial charge in [-0.1, -0.05) is 23.7 Å². The lowest BCUT2D eigenvalue weighted by atomic mass is 10.0. The zero-order valence-corrected chi connectivity index (χ0v) is 10.5. The highest BCUT2D eigenvalue weighted by Crippen LogP contribution is 2.28. The fourth-order valence-corrected chi connectivity index (χ4v) is 2.28. The van der Waals surface area contributed by atoms with Crippen LogP contribution in [0.2, 0.25) is 5.02 Å². The number of hydrogen-bond donors (Lipinski definition) is 1. The van der Waals surface area contributed by atoms with Crippen molar-refractivity contribution in [3.05, 3.63) is 59.0 Å². The standard InChI is InChI=1S/C15H9ClFNO/c16-13-6-10(1-3-14(13)17)9-2-4-15-12(5-9)11(8-19)7-18-15/h1-8,18H. The molecule has 0 radical (unpaired) electrons. The summed E-state index contributed by atoms with van der Waals surface area (Å²) in [6, 6.07) is 10.2. The lowest BCUT2D eigenvalue weighted by molar-refractivity contribution is 0.112. The Balaban J connectivity index is 2.18. The van der Waals surface area contributed by atoms with E-state index in [9.17, 15) is 9.18 Å². The number of H-pyrrole nitrogens is 1. The Hall–Kier alpha value is -2.13. The second-order valence-electron chi connectivity index (χ2n) is 4.25. The highest BCUT2D eigenvalue weighted by molar-refractivity contribution is 6.31. The van der Waals surface area contributed by atoms with Crippen LogP contribution in [0.15, 0.2) is 42.6 Å². The summed E-state index contributed by atoms with van der Waals surface area (Å²) in [6.45, 7) is 0. The monoisotopic (exact) mass is 273 g/mol. The molecule has 0 fully saturated rings. The van der Waals surface area contributed by atoms with Gasteiger partial charge in [-0.2, -0.15) is 0 Å². The molecule has 19 heavy (non-hydrogen) atoms. The second kappa shape index (κ2) is 4.52. The van der Waals surface area contributed by atoms with Crippen LogP contribution in [0.5, 0.6) is 0 Å². The second-order valence-corrected chi connectivity index (χ2v) is 4.66. The molecule has 0 saturated carbocycles. The van der Waals surface area contributed by atoms with E-state index in [4.69, 9.17) is 11.6 Å². The molecule has 0 aliphatic heterocycles. The minimum Gasteiger partial charge on any atom is -0.360 e. The topological polar surface area (TPSA) is 32.9 Å². The first kappa shape index (κ1) is 11.9. The van der Waals surface area contributed by atoms with Crippen LogP contribution in [0, 0.1) is 5.82 Å². The number of hydrogen-bond acceptors (Lipinski definition) is 1. The normalized spacial score (nSPS) is 10.8. The molecule has 1 aromatic heterocycles. The highest BCUT2D eigenvalue weighted by atomic mass is 35.5. The molecule has 0 bridgehead atoms. The van der Waals surface area contributed by atoms with Crippen LogP contribution < -0.4 is 0 Å². The molecule has 1 heterocycles. The molecule has 0 amide bonds. The van der Waals surface area contributed by atoms with Crippen LogP contribution in [0.3, 0.4) is 0 Å². The SMILES string of the molecule is O=Cc1c[nH]c2ccc(-c3ccc(F)c(Cl)c3)cc12. The maximum Gasteiger partial charge on any atom is 0.152 e. The molecular formula is C15H9ClFNO. The summed E-state index contributed by atoms with van der Waals surface area (Å²) < 4.78 is 13.2. The van der Waals surface area contributed by atoms with Crippen molar-refractivity contribution in [1.82, 2.24) is 4.98 Å². The number of fused-ring (bicyclic) bond motifs is 1. The maximum absolute atomic E-state index is 13.2. The molecule has 0 saturated heterocycles. The average Bonchev–Trinajstić information content (AvgIpc) is 2.84.